The molecule has 0 saturated carbocycles. The zero-order chi connectivity index (χ0) is 17.8. The van der Waals surface area contributed by atoms with Gasteiger partial charge in [0.1, 0.15) is 11.5 Å². The first-order valence-electron chi connectivity index (χ1n) is 8.14. The molecule has 1 aromatic heterocycles. The molecule has 0 atom stereocenters. The van der Waals surface area contributed by atoms with Crippen LogP contribution in [0.1, 0.15) is 21.7 Å². The van der Waals surface area contributed by atoms with Gasteiger partial charge in [0.05, 0.1) is 7.11 Å². The Morgan fingerprint density at radius 3 is 2.24 bits per heavy atom. The van der Waals surface area contributed by atoms with Gasteiger partial charge >= 0.3 is 0 Å². The lowest BCUT2D eigenvalue weighted by molar-refractivity contribution is 0.0921. The van der Waals surface area contributed by atoms with Crippen LogP contribution in [0.15, 0.2) is 60.7 Å². The summed E-state index contributed by atoms with van der Waals surface area (Å²) in [4.78, 5) is 12.6. The third-order valence-corrected chi connectivity index (χ3v) is 4.18. The molecule has 0 spiro atoms. The van der Waals surface area contributed by atoms with Crippen molar-refractivity contribution in [2.24, 2.45) is 0 Å². The van der Waals surface area contributed by atoms with E-state index in [0.29, 0.717) is 11.3 Å². The number of ketones is 1. The molecule has 25 heavy (non-hydrogen) atoms. The number of para-hydroxylation sites is 1. The Hall–Kier alpha value is -3.01. The number of hydrogen-bond donors (Lipinski definition) is 0. The highest BCUT2D eigenvalue weighted by Crippen LogP contribution is 2.22. The number of Topliss-reactive ketones (excluding diaryl/α,β-unsaturated/α-hetero) is 1. The maximum Gasteiger partial charge on any atom is 0.202 e. The maximum atomic E-state index is 12.6. The normalized spacial score (nSPS) is 10.5. The molecule has 0 aliphatic heterocycles. The first-order valence-corrected chi connectivity index (χ1v) is 8.14. The molecule has 0 bridgehead atoms. The lowest BCUT2D eigenvalue weighted by Gasteiger charge is -2.10. The molecule has 3 aromatic rings. The van der Waals surface area contributed by atoms with Crippen LogP contribution in [-0.2, 0) is 0 Å². The third kappa shape index (κ3) is 3.58. The molecule has 0 radical (unpaired) electrons. The lowest BCUT2D eigenvalue weighted by Crippen LogP contribution is -2.12. The van der Waals surface area contributed by atoms with Crippen molar-refractivity contribution < 1.29 is 14.3 Å². The number of aryl methyl sites for hydroxylation is 1. The zero-order valence-electron chi connectivity index (χ0n) is 14.7. The van der Waals surface area contributed by atoms with Crippen molar-refractivity contribution in [1.29, 1.82) is 0 Å². The van der Waals surface area contributed by atoms with E-state index in [-0.39, 0.29) is 12.4 Å². The van der Waals surface area contributed by atoms with E-state index in [2.05, 4.69) is 4.57 Å². The average Bonchev–Trinajstić information content (AvgIpc) is 2.95. The van der Waals surface area contributed by atoms with Crippen molar-refractivity contribution in [2.75, 3.05) is 13.7 Å². The second-order valence-corrected chi connectivity index (χ2v) is 5.84. The topological polar surface area (TPSA) is 40.5 Å². The number of hydrogen-bond acceptors (Lipinski definition) is 3. The van der Waals surface area contributed by atoms with Gasteiger partial charge in [-0.2, -0.15) is 0 Å². The number of carbonyl (C=O) groups is 1. The van der Waals surface area contributed by atoms with Gasteiger partial charge in [-0.15, -0.1) is 0 Å². The fraction of sp³-hybridized carbons (Fsp3) is 0.190. The van der Waals surface area contributed by atoms with E-state index in [9.17, 15) is 4.79 Å². The van der Waals surface area contributed by atoms with E-state index < -0.39 is 0 Å². The number of carbonyl (C=O) groups excluding carboxylic acids is 1. The van der Waals surface area contributed by atoms with Crippen LogP contribution in [0.3, 0.4) is 0 Å². The molecule has 1 heterocycles. The van der Waals surface area contributed by atoms with Gasteiger partial charge in [0.15, 0.2) is 6.61 Å². The number of rotatable bonds is 6. The second kappa shape index (κ2) is 7.26. The van der Waals surface area contributed by atoms with Crippen molar-refractivity contribution in [1.82, 2.24) is 4.57 Å². The average molecular weight is 335 g/mol. The molecule has 128 valence electrons. The van der Waals surface area contributed by atoms with Crippen LogP contribution in [-0.4, -0.2) is 24.1 Å². The molecule has 0 N–H and O–H groups in total. The predicted molar refractivity (Wildman–Crippen MR) is 98.1 cm³/mol. The quantitative estimate of drug-likeness (QED) is 0.628. The van der Waals surface area contributed by atoms with Crippen LogP contribution in [0.25, 0.3) is 5.69 Å². The maximum absolute atomic E-state index is 12.6. The summed E-state index contributed by atoms with van der Waals surface area (Å²) in [5.74, 6) is 1.36. The minimum Gasteiger partial charge on any atom is -0.497 e. The summed E-state index contributed by atoms with van der Waals surface area (Å²) in [5.41, 5.74) is 3.69. The molecule has 4 heteroatoms. The summed E-state index contributed by atoms with van der Waals surface area (Å²) in [6.45, 7) is 3.97. The Labute approximate surface area is 147 Å². The van der Waals surface area contributed by atoms with E-state index in [1.54, 1.807) is 31.4 Å². The number of benzene rings is 2. The van der Waals surface area contributed by atoms with Gasteiger partial charge < -0.3 is 14.0 Å². The Balaban J connectivity index is 1.76. The Morgan fingerprint density at radius 1 is 0.960 bits per heavy atom. The van der Waals surface area contributed by atoms with Crippen LogP contribution in [0.5, 0.6) is 11.5 Å². The van der Waals surface area contributed by atoms with Crippen LogP contribution in [0.4, 0.5) is 0 Å². The van der Waals surface area contributed by atoms with Crippen molar-refractivity contribution in [2.45, 2.75) is 13.8 Å². The summed E-state index contributed by atoms with van der Waals surface area (Å²) in [6, 6.07) is 19.1. The zero-order valence-corrected chi connectivity index (χ0v) is 14.7. The van der Waals surface area contributed by atoms with Crippen molar-refractivity contribution in [3.05, 3.63) is 77.6 Å². The molecular weight excluding hydrogens is 314 g/mol. The highest BCUT2D eigenvalue weighted by Gasteiger charge is 2.17. The molecular formula is C21H21NO3. The molecule has 0 fully saturated rings. The molecule has 0 aliphatic rings. The minimum atomic E-state index is -0.0360. The van der Waals surface area contributed by atoms with Crippen molar-refractivity contribution in [3.63, 3.8) is 0 Å². The minimum absolute atomic E-state index is 0.00537. The smallest absolute Gasteiger partial charge is 0.202 e. The van der Waals surface area contributed by atoms with Crippen molar-refractivity contribution >= 4 is 5.78 Å². The molecule has 2 aromatic carbocycles. The summed E-state index contributed by atoms with van der Waals surface area (Å²) < 4.78 is 12.8. The van der Waals surface area contributed by atoms with Gasteiger partial charge in [0.2, 0.25) is 5.78 Å². The van der Waals surface area contributed by atoms with Gasteiger partial charge in [-0.05, 0) is 56.3 Å². The fourth-order valence-electron chi connectivity index (χ4n) is 2.92. The first kappa shape index (κ1) is 16.8. The Morgan fingerprint density at radius 2 is 1.60 bits per heavy atom. The van der Waals surface area contributed by atoms with Crippen LogP contribution < -0.4 is 9.47 Å². The van der Waals surface area contributed by atoms with E-state index in [0.717, 1.165) is 22.8 Å². The van der Waals surface area contributed by atoms with Gasteiger partial charge in [0, 0.05) is 22.6 Å². The van der Waals surface area contributed by atoms with Gasteiger partial charge in [-0.1, -0.05) is 18.2 Å². The number of aromatic nitrogens is 1. The van der Waals surface area contributed by atoms with Gasteiger partial charge in [-0.25, -0.2) is 0 Å². The summed E-state index contributed by atoms with van der Waals surface area (Å²) in [6.07, 6.45) is 0. The third-order valence-electron chi connectivity index (χ3n) is 4.18. The number of nitrogens with zero attached hydrogens (tertiary/aromatic N) is 1. The SMILES string of the molecule is COc1ccc(OCC(=O)c2cc(C)n(-c3ccccc3)c2C)cc1. The largest absolute Gasteiger partial charge is 0.497 e. The van der Waals surface area contributed by atoms with Gasteiger partial charge in [0.25, 0.3) is 0 Å². The first-order chi connectivity index (χ1) is 12.1. The molecule has 4 nitrogen and oxygen atoms in total. The molecule has 3 rings (SSSR count). The molecule has 0 unspecified atom stereocenters. The fourth-order valence-corrected chi connectivity index (χ4v) is 2.92. The monoisotopic (exact) mass is 335 g/mol. The molecule has 0 saturated heterocycles. The number of ether oxygens (including phenoxy) is 2. The lowest BCUT2D eigenvalue weighted by atomic mass is 10.1. The highest BCUT2D eigenvalue weighted by atomic mass is 16.5. The van der Waals surface area contributed by atoms with Crippen molar-refractivity contribution in [3.8, 4) is 17.2 Å². The second-order valence-electron chi connectivity index (χ2n) is 5.84. The van der Waals surface area contributed by atoms with E-state index >= 15 is 0 Å². The van der Waals surface area contributed by atoms with Crippen LogP contribution in [0.2, 0.25) is 0 Å². The van der Waals surface area contributed by atoms with E-state index in [1.807, 2.05) is 50.2 Å². The molecule has 0 amide bonds. The summed E-state index contributed by atoms with van der Waals surface area (Å²) in [5, 5.41) is 0. The number of methoxy groups -OCH3 is 1. The van der Waals surface area contributed by atoms with E-state index in [4.69, 9.17) is 9.47 Å². The predicted octanol–water partition coefficient (Wildman–Crippen LogP) is 4.36. The molecule has 0 aliphatic carbocycles. The summed E-state index contributed by atoms with van der Waals surface area (Å²) in [7, 11) is 1.61. The van der Waals surface area contributed by atoms with Crippen LogP contribution in [0, 0.1) is 13.8 Å². The van der Waals surface area contributed by atoms with Gasteiger partial charge in [-0.3, -0.25) is 4.79 Å². The standard InChI is InChI=1S/C21H21NO3/c1-15-13-20(16(2)22(15)17-7-5-4-6-8-17)21(23)14-25-19-11-9-18(24-3)10-12-19/h4-13H,14H2,1-3H3. The Kier molecular flexibility index (Phi) is 4.89. The highest BCUT2D eigenvalue weighted by molar-refractivity contribution is 5.98. The summed E-state index contributed by atoms with van der Waals surface area (Å²) >= 11 is 0. The Bertz CT molecular complexity index is 864. The van der Waals surface area contributed by atoms with Crippen LogP contribution >= 0.6 is 0 Å². The van der Waals surface area contributed by atoms with E-state index in [1.165, 1.54) is 0 Å².